The van der Waals surface area contributed by atoms with Gasteiger partial charge in [-0.2, -0.15) is 0 Å². The largest absolute Gasteiger partial charge is 0.351 e. The van der Waals surface area contributed by atoms with E-state index in [1.807, 2.05) is 12.3 Å². The molecule has 112 valence electrons. The Balaban J connectivity index is 1.80. The van der Waals surface area contributed by atoms with Gasteiger partial charge in [0, 0.05) is 29.3 Å². The van der Waals surface area contributed by atoms with Crippen LogP contribution < -0.4 is 5.32 Å². The van der Waals surface area contributed by atoms with Crippen molar-refractivity contribution >= 4 is 21.8 Å². The number of carbonyl (C=O) groups excluding carboxylic acids is 1. The van der Waals surface area contributed by atoms with Crippen LogP contribution in [0.15, 0.2) is 16.7 Å². The highest BCUT2D eigenvalue weighted by atomic mass is 79.9. The molecule has 0 aliphatic heterocycles. The number of carbonyl (C=O) groups is 1. The molecular formula is C15H24BrN3O. The van der Waals surface area contributed by atoms with Crippen molar-refractivity contribution in [3.63, 3.8) is 0 Å². The standard InChI is InChI=1S/C15H24BrN3O/c1-11(2)18(3)8-4-7-17-15(20)14-9-12(16)10-19(14)13-5-6-13/h9-11,13H,4-8H2,1-3H3,(H,17,20). The van der Waals surface area contributed by atoms with E-state index in [0.29, 0.717) is 12.1 Å². The summed E-state index contributed by atoms with van der Waals surface area (Å²) in [6.45, 7) is 6.09. The Labute approximate surface area is 129 Å². The maximum absolute atomic E-state index is 12.2. The molecule has 1 fully saturated rings. The zero-order valence-corrected chi connectivity index (χ0v) is 14.1. The normalized spacial score (nSPS) is 15.1. The van der Waals surface area contributed by atoms with E-state index in [0.717, 1.165) is 29.7 Å². The van der Waals surface area contributed by atoms with Crippen LogP contribution in [-0.4, -0.2) is 41.6 Å². The highest BCUT2D eigenvalue weighted by Crippen LogP contribution is 2.37. The lowest BCUT2D eigenvalue weighted by Gasteiger charge is -2.20. The molecule has 1 heterocycles. The second-order valence-corrected chi connectivity index (χ2v) is 6.78. The van der Waals surface area contributed by atoms with Gasteiger partial charge in [0.2, 0.25) is 0 Å². The number of hydrogen-bond acceptors (Lipinski definition) is 2. The highest BCUT2D eigenvalue weighted by Gasteiger charge is 2.27. The number of hydrogen-bond donors (Lipinski definition) is 1. The van der Waals surface area contributed by atoms with Gasteiger partial charge in [-0.15, -0.1) is 0 Å². The van der Waals surface area contributed by atoms with E-state index in [-0.39, 0.29) is 5.91 Å². The molecule has 0 radical (unpaired) electrons. The molecule has 1 aromatic rings. The molecule has 4 nitrogen and oxygen atoms in total. The number of nitrogens with one attached hydrogen (secondary N) is 1. The second kappa shape index (κ2) is 6.76. The van der Waals surface area contributed by atoms with Crippen LogP contribution in [0, 0.1) is 0 Å². The second-order valence-electron chi connectivity index (χ2n) is 5.87. The summed E-state index contributed by atoms with van der Waals surface area (Å²) in [5.41, 5.74) is 0.775. The van der Waals surface area contributed by atoms with E-state index in [4.69, 9.17) is 0 Å². The molecule has 0 aromatic carbocycles. The van der Waals surface area contributed by atoms with E-state index >= 15 is 0 Å². The number of nitrogens with zero attached hydrogens (tertiary/aromatic N) is 2. The van der Waals surface area contributed by atoms with Crippen LogP contribution in [0.25, 0.3) is 0 Å². The fraction of sp³-hybridized carbons (Fsp3) is 0.667. The monoisotopic (exact) mass is 341 g/mol. The smallest absolute Gasteiger partial charge is 0.267 e. The van der Waals surface area contributed by atoms with Gasteiger partial charge in [-0.3, -0.25) is 4.79 Å². The van der Waals surface area contributed by atoms with Crippen LogP contribution in [0.1, 0.15) is 49.6 Å². The van der Waals surface area contributed by atoms with E-state index in [1.54, 1.807) is 0 Å². The Morgan fingerprint density at radius 2 is 2.25 bits per heavy atom. The third kappa shape index (κ3) is 4.09. The minimum Gasteiger partial charge on any atom is -0.351 e. The molecule has 1 amide bonds. The molecule has 0 atom stereocenters. The Morgan fingerprint density at radius 1 is 1.55 bits per heavy atom. The minimum absolute atomic E-state index is 0.0369. The van der Waals surface area contributed by atoms with Crippen molar-refractivity contribution in [3.05, 3.63) is 22.4 Å². The van der Waals surface area contributed by atoms with E-state index in [1.165, 1.54) is 12.8 Å². The van der Waals surface area contributed by atoms with Crippen LogP contribution in [0.3, 0.4) is 0 Å². The Bertz CT molecular complexity index is 466. The summed E-state index contributed by atoms with van der Waals surface area (Å²) >= 11 is 3.46. The molecular weight excluding hydrogens is 318 g/mol. The number of aromatic nitrogens is 1. The lowest BCUT2D eigenvalue weighted by molar-refractivity contribution is 0.0942. The quantitative estimate of drug-likeness (QED) is 0.774. The van der Waals surface area contributed by atoms with Gasteiger partial charge in [0.05, 0.1) is 0 Å². The molecule has 20 heavy (non-hydrogen) atoms. The SMILES string of the molecule is CC(C)N(C)CCCNC(=O)c1cc(Br)cn1C1CC1. The third-order valence-corrected chi connectivity index (χ3v) is 4.28. The van der Waals surface area contributed by atoms with Crippen LogP contribution in [-0.2, 0) is 0 Å². The van der Waals surface area contributed by atoms with Crippen LogP contribution >= 0.6 is 15.9 Å². The average Bonchev–Trinajstić information content (AvgIpc) is 3.16. The maximum Gasteiger partial charge on any atom is 0.267 e. The van der Waals surface area contributed by atoms with Crippen molar-refractivity contribution in [2.45, 2.75) is 45.2 Å². The van der Waals surface area contributed by atoms with Gasteiger partial charge in [-0.25, -0.2) is 0 Å². The third-order valence-electron chi connectivity index (χ3n) is 3.84. The molecule has 5 heteroatoms. The fourth-order valence-electron chi connectivity index (χ4n) is 2.16. The van der Waals surface area contributed by atoms with Crippen molar-refractivity contribution in [1.29, 1.82) is 0 Å². The van der Waals surface area contributed by atoms with Gasteiger partial charge in [0.15, 0.2) is 0 Å². The molecule has 0 saturated heterocycles. The zero-order chi connectivity index (χ0) is 14.7. The van der Waals surface area contributed by atoms with Crippen molar-refractivity contribution in [2.75, 3.05) is 20.1 Å². The molecule has 1 aliphatic carbocycles. The molecule has 1 saturated carbocycles. The topological polar surface area (TPSA) is 37.3 Å². The van der Waals surface area contributed by atoms with E-state index in [9.17, 15) is 4.79 Å². The molecule has 2 rings (SSSR count). The Hall–Kier alpha value is -0.810. The molecule has 1 N–H and O–H groups in total. The maximum atomic E-state index is 12.2. The number of rotatable bonds is 7. The first-order valence-corrected chi connectivity index (χ1v) is 8.14. The summed E-state index contributed by atoms with van der Waals surface area (Å²) in [4.78, 5) is 14.5. The first-order chi connectivity index (χ1) is 9.49. The summed E-state index contributed by atoms with van der Waals surface area (Å²) in [6.07, 6.45) is 5.35. The van der Waals surface area contributed by atoms with Crippen LogP contribution in [0.5, 0.6) is 0 Å². The van der Waals surface area contributed by atoms with Gasteiger partial charge in [0.25, 0.3) is 5.91 Å². The van der Waals surface area contributed by atoms with Crippen molar-refractivity contribution in [3.8, 4) is 0 Å². The summed E-state index contributed by atoms with van der Waals surface area (Å²) in [5.74, 6) is 0.0369. The number of amides is 1. The van der Waals surface area contributed by atoms with Crippen LogP contribution in [0.2, 0.25) is 0 Å². The molecule has 0 bridgehead atoms. The lowest BCUT2D eigenvalue weighted by atomic mass is 10.3. The first kappa shape index (κ1) is 15.6. The first-order valence-electron chi connectivity index (χ1n) is 7.35. The highest BCUT2D eigenvalue weighted by molar-refractivity contribution is 9.10. The summed E-state index contributed by atoms with van der Waals surface area (Å²) in [5, 5.41) is 3.02. The van der Waals surface area contributed by atoms with E-state index < -0.39 is 0 Å². The number of halogens is 1. The predicted molar refractivity (Wildman–Crippen MR) is 85.1 cm³/mol. The summed E-state index contributed by atoms with van der Waals surface area (Å²) < 4.78 is 3.08. The molecule has 0 spiro atoms. The zero-order valence-electron chi connectivity index (χ0n) is 12.5. The average molecular weight is 342 g/mol. The fourth-order valence-corrected chi connectivity index (χ4v) is 2.60. The van der Waals surface area contributed by atoms with Crippen LogP contribution in [0.4, 0.5) is 0 Å². The van der Waals surface area contributed by atoms with Gasteiger partial charge in [-0.05, 0) is 68.7 Å². The van der Waals surface area contributed by atoms with Crippen molar-refractivity contribution in [1.82, 2.24) is 14.8 Å². The molecule has 0 unspecified atom stereocenters. The molecule has 1 aromatic heterocycles. The van der Waals surface area contributed by atoms with Crippen molar-refractivity contribution < 1.29 is 4.79 Å². The Kier molecular flexibility index (Phi) is 5.27. The van der Waals surface area contributed by atoms with Gasteiger partial charge in [-0.1, -0.05) is 0 Å². The summed E-state index contributed by atoms with van der Waals surface area (Å²) in [7, 11) is 2.11. The van der Waals surface area contributed by atoms with E-state index in [2.05, 4.69) is 51.6 Å². The van der Waals surface area contributed by atoms with Gasteiger partial charge in [0.1, 0.15) is 5.69 Å². The Morgan fingerprint density at radius 3 is 2.85 bits per heavy atom. The van der Waals surface area contributed by atoms with Crippen molar-refractivity contribution in [2.24, 2.45) is 0 Å². The molecule has 1 aliphatic rings. The minimum atomic E-state index is 0.0369. The summed E-state index contributed by atoms with van der Waals surface area (Å²) in [6, 6.07) is 2.98. The lowest BCUT2D eigenvalue weighted by Crippen LogP contribution is -2.32. The van der Waals surface area contributed by atoms with Gasteiger partial charge < -0.3 is 14.8 Å². The van der Waals surface area contributed by atoms with Gasteiger partial charge >= 0.3 is 0 Å². The predicted octanol–water partition coefficient (Wildman–Crippen LogP) is 3.05.